The number of aromatic amines is 1. The van der Waals surface area contributed by atoms with Gasteiger partial charge in [-0.25, -0.2) is 13.2 Å². The van der Waals surface area contributed by atoms with Gasteiger partial charge < -0.3 is 15.6 Å². The van der Waals surface area contributed by atoms with Crippen molar-refractivity contribution in [2.45, 2.75) is 18.9 Å². The Morgan fingerprint density at radius 3 is 2.56 bits per heavy atom. The first kappa shape index (κ1) is 17.6. The van der Waals surface area contributed by atoms with E-state index in [9.17, 15) is 18.0 Å². The number of carbonyl (C=O) groups is 1. The highest BCUT2D eigenvalue weighted by Gasteiger charge is 2.23. The van der Waals surface area contributed by atoms with Crippen molar-refractivity contribution in [3.05, 3.63) is 59.4 Å². The molecule has 27 heavy (non-hydrogen) atoms. The lowest BCUT2D eigenvalue weighted by Gasteiger charge is -2.11. The summed E-state index contributed by atoms with van der Waals surface area (Å²) in [6, 6.07) is 7.70. The SMILES string of the molecule is O=C1NCCC1NCCc1c(-c2ccc(F)cc2)[nH]c2c(F)cc(F)cc12. The average Bonchev–Trinajstić information content (AvgIpc) is 3.20. The van der Waals surface area contributed by atoms with Crippen LogP contribution in [0.15, 0.2) is 36.4 Å². The van der Waals surface area contributed by atoms with Crippen LogP contribution < -0.4 is 10.6 Å². The zero-order valence-corrected chi connectivity index (χ0v) is 14.4. The highest BCUT2D eigenvalue weighted by Crippen LogP contribution is 2.32. The van der Waals surface area contributed by atoms with E-state index in [1.54, 1.807) is 12.1 Å². The molecule has 140 valence electrons. The summed E-state index contributed by atoms with van der Waals surface area (Å²) < 4.78 is 41.3. The van der Waals surface area contributed by atoms with Gasteiger partial charge in [0, 0.05) is 30.2 Å². The summed E-state index contributed by atoms with van der Waals surface area (Å²) >= 11 is 0. The van der Waals surface area contributed by atoms with Gasteiger partial charge in [0.2, 0.25) is 5.91 Å². The molecule has 1 aliphatic heterocycles. The summed E-state index contributed by atoms with van der Waals surface area (Å²) in [6.45, 7) is 1.11. The van der Waals surface area contributed by atoms with Crippen LogP contribution in [0.4, 0.5) is 13.2 Å². The Balaban J connectivity index is 1.70. The maximum atomic E-state index is 14.2. The second-order valence-electron chi connectivity index (χ2n) is 6.63. The topological polar surface area (TPSA) is 56.9 Å². The molecule has 0 saturated carbocycles. The first-order valence-corrected chi connectivity index (χ1v) is 8.79. The van der Waals surface area contributed by atoms with Gasteiger partial charge in [0.05, 0.1) is 11.6 Å². The molecule has 2 aromatic carbocycles. The van der Waals surface area contributed by atoms with Gasteiger partial charge >= 0.3 is 0 Å². The molecule has 1 atom stereocenters. The molecule has 0 aliphatic carbocycles. The fourth-order valence-corrected chi connectivity index (χ4v) is 3.56. The molecule has 1 fully saturated rings. The number of amides is 1. The number of halogens is 3. The third-order valence-corrected chi connectivity index (χ3v) is 4.88. The molecule has 3 aromatic rings. The predicted molar refractivity (Wildman–Crippen MR) is 96.7 cm³/mol. The number of fused-ring (bicyclic) bond motifs is 1. The second kappa shape index (κ2) is 7.08. The minimum absolute atomic E-state index is 0.0372. The number of H-pyrrole nitrogens is 1. The summed E-state index contributed by atoms with van der Waals surface area (Å²) in [6.07, 6.45) is 1.17. The fourth-order valence-electron chi connectivity index (χ4n) is 3.56. The molecule has 2 heterocycles. The Kier molecular flexibility index (Phi) is 4.61. The van der Waals surface area contributed by atoms with Crippen LogP contribution in [0.25, 0.3) is 22.2 Å². The van der Waals surface area contributed by atoms with Crippen LogP contribution in [-0.4, -0.2) is 30.0 Å². The van der Waals surface area contributed by atoms with Gasteiger partial charge in [-0.2, -0.15) is 0 Å². The lowest BCUT2D eigenvalue weighted by molar-refractivity contribution is -0.120. The number of nitrogens with one attached hydrogen (secondary N) is 3. The van der Waals surface area contributed by atoms with Crippen molar-refractivity contribution in [2.24, 2.45) is 0 Å². The zero-order chi connectivity index (χ0) is 19.0. The average molecular weight is 373 g/mol. The molecular formula is C20H18F3N3O. The van der Waals surface area contributed by atoms with Crippen LogP contribution in [-0.2, 0) is 11.2 Å². The van der Waals surface area contributed by atoms with Gasteiger partial charge in [0.15, 0.2) is 0 Å². The first-order chi connectivity index (χ1) is 13.0. The summed E-state index contributed by atoms with van der Waals surface area (Å²) in [5.74, 6) is -1.75. The largest absolute Gasteiger partial charge is 0.355 e. The summed E-state index contributed by atoms with van der Waals surface area (Å²) in [5, 5.41) is 6.38. The second-order valence-corrected chi connectivity index (χ2v) is 6.63. The van der Waals surface area contributed by atoms with Crippen LogP contribution >= 0.6 is 0 Å². The highest BCUT2D eigenvalue weighted by atomic mass is 19.1. The summed E-state index contributed by atoms with van der Waals surface area (Å²) in [5.41, 5.74) is 2.23. The van der Waals surface area contributed by atoms with Gasteiger partial charge in [-0.15, -0.1) is 0 Å². The molecule has 1 unspecified atom stereocenters. The van der Waals surface area contributed by atoms with Crippen LogP contribution in [0.3, 0.4) is 0 Å². The third-order valence-electron chi connectivity index (χ3n) is 4.88. The zero-order valence-electron chi connectivity index (χ0n) is 14.4. The normalized spacial score (nSPS) is 16.9. The molecule has 0 bridgehead atoms. The molecule has 4 rings (SSSR count). The minimum Gasteiger partial charge on any atom is -0.355 e. The van der Waals surface area contributed by atoms with E-state index in [0.29, 0.717) is 42.6 Å². The molecular weight excluding hydrogens is 355 g/mol. The van der Waals surface area contributed by atoms with Crippen LogP contribution in [0, 0.1) is 17.5 Å². The van der Waals surface area contributed by atoms with Crippen LogP contribution in [0.1, 0.15) is 12.0 Å². The summed E-state index contributed by atoms with van der Waals surface area (Å²) in [7, 11) is 0. The minimum atomic E-state index is -0.678. The number of benzene rings is 2. The molecule has 1 aromatic heterocycles. The van der Waals surface area contributed by atoms with Crippen molar-refractivity contribution in [2.75, 3.05) is 13.1 Å². The Labute approximate surface area is 153 Å². The Hall–Kier alpha value is -2.80. The Morgan fingerprint density at radius 2 is 1.85 bits per heavy atom. The van der Waals surface area contributed by atoms with Gasteiger partial charge in [-0.1, -0.05) is 0 Å². The van der Waals surface area contributed by atoms with Gasteiger partial charge in [-0.3, -0.25) is 4.79 Å². The van der Waals surface area contributed by atoms with Crippen molar-refractivity contribution in [1.29, 1.82) is 0 Å². The molecule has 7 heteroatoms. The fraction of sp³-hybridized carbons (Fsp3) is 0.250. The van der Waals surface area contributed by atoms with E-state index in [4.69, 9.17) is 0 Å². The Bertz CT molecular complexity index is 998. The lowest BCUT2D eigenvalue weighted by atomic mass is 10.0. The number of rotatable bonds is 5. The maximum absolute atomic E-state index is 14.2. The molecule has 1 saturated heterocycles. The van der Waals surface area contributed by atoms with E-state index in [1.165, 1.54) is 18.2 Å². The van der Waals surface area contributed by atoms with Gasteiger partial charge in [0.25, 0.3) is 0 Å². The maximum Gasteiger partial charge on any atom is 0.237 e. The molecule has 0 radical (unpaired) electrons. The Morgan fingerprint density at radius 1 is 1.07 bits per heavy atom. The molecule has 1 aliphatic rings. The van der Waals surface area contributed by atoms with E-state index in [-0.39, 0.29) is 23.3 Å². The standard InChI is InChI=1S/C20H18F3N3O/c21-12-3-1-11(2-4-12)18-14(5-7-24-17-6-8-25-20(17)27)15-9-13(22)10-16(23)19(15)26-18/h1-4,9-10,17,24,26H,5-8H2,(H,25,27). The monoisotopic (exact) mass is 373 g/mol. The van der Waals surface area contributed by atoms with Gasteiger partial charge in [0.1, 0.15) is 17.5 Å². The number of hydrogen-bond acceptors (Lipinski definition) is 2. The predicted octanol–water partition coefficient (Wildman–Crippen LogP) is 3.27. The van der Waals surface area contributed by atoms with E-state index in [2.05, 4.69) is 15.6 Å². The van der Waals surface area contributed by atoms with E-state index in [0.717, 1.165) is 11.6 Å². The van der Waals surface area contributed by atoms with Crippen molar-refractivity contribution >= 4 is 16.8 Å². The van der Waals surface area contributed by atoms with Crippen LogP contribution in [0.2, 0.25) is 0 Å². The molecule has 0 spiro atoms. The van der Waals surface area contributed by atoms with Crippen molar-refractivity contribution in [3.63, 3.8) is 0 Å². The van der Waals surface area contributed by atoms with Crippen LogP contribution in [0.5, 0.6) is 0 Å². The van der Waals surface area contributed by atoms with E-state index < -0.39 is 11.6 Å². The van der Waals surface area contributed by atoms with Gasteiger partial charge in [-0.05, 0) is 54.3 Å². The lowest BCUT2D eigenvalue weighted by Crippen LogP contribution is -2.37. The van der Waals surface area contributed by atoms with E-state index >= 15 is 0 Å². The van der Waals surface area contributed by atoms with Crippen molar-refractivity contribution in [3.8, 4) is 11.3 Å². The van der Waals surface area contributed by atoms with E-state index in [1.807, 2.05) is 0 Å². The van der Waals surface area contributed by atoms with Crippen molar-refractivity contribution < 1.29 is 18.0 Å². The number of aromatic nitrogens is 1. The highest BCUT2D eigenvalue weighted by molar-refractivity contribution is 5.91. The number of carbonyl (C=O) groups excluding carboxylic acids is 1. The number of hydrogen-bond donors (Lipinski definition) is 3. The smallest absolute Gasteiger partial charge is 0.237 e. The van der Waals surface area contributed by atoms with Crippen molar-refractivity contribution in [1.82, 2.24) is 15.6 Å². The molecule has 3 N–H and O–H groups in total. The first-order valence-electron chi connectivity index (χ1n) is 8.79. The quantitative estimate of drug-likeness (QED) is 0.643. The molecule has 1 amide bonds. The molecule has 4 nitrogen and oxygen atoms in total. The summed E-state index contributed by atoms with van der Waals surface area (Å²) in [4.78, 5) is 14.7. The third kappa shape index (κ3) is 3.42.